The van der Waals surface area contributed by atoms with Gasteiger partial charge in [-0.05, 0) is 56.9 Å². The molecule has 0 amide bonds. The van der Waals surface area contributed by atoms with Gasteiger partial charge in [-0.1, -0.05) is 35.9 Å². The summed E-state index contributed by atoms with van der Waals surface area (Å²) in [5.41, 5.74) is 6.36. The molecule has 2 atom stereocenters. The van der Waals surface area contributed by atoms with Crippen LogP contribution in [0.2, 0.25) is 0 Å². The molecule has 3 aliphatic heterocycles. The molecule has 0 saturated carbocycles. The first-order valence-electron chi connectivity index (χ1n) is 11.2. The summed E-state index contributed by atoms with van der Waals surface area (Å²) in [6.07, 6.45) is 6.76. The zero-order valence-electron chi connectivity index (χ0n) is 18.7. The lowest BCUT2D eigenvalue weighted by atomic mass is 10.0. The number of hydrogen-bond acceptors (Lipinski definition) is 5. The second kappa shape index (κ2) is 8.82. The summed E-state index contributed by atoms with van der Waals surface area (Å²) in [4.78, 5) is 4.22. The van der Waals surface area contributed by atoms with Crippen molar-refractivity contribution in [3.8, 4) is 0 Å². The second-order valence-electron chi connectivity index (χ2n) is 8.67. The van der Waals surface area contributed by atoms with Gasteiger partial charge in [-0.2, -0.15) is 0 Å². The van der Waals surface area contributed by atoms with Crippen molar-refractivity contribution in [1.82, 2.24) is 9.57 Å². The normalized spacial score (nSPS) is 23.3. The van der Waals surface area contributed by atoms with Gasteiger partial charge in [0.15, 0.2) is 0 Å². The molecule has 6 heteroatoms. The van der Waals surface area contributed by atoms with E-state index < -0.39 is 8.45 Å². The van der Waals surface area contributed by atoms with E-state index in [1.54, 1.807) is 0 Å². The van der Waals surface area contributed by atoms with Crippen LogP contribution in [0.5, 0.6) is 0 Å². The number of anilines is 2. The molecular formula is C25H31N4OP. The third-order valence-corrected chi connectivity index (χ3v) is 8.44. The van der Waals surface area contributed by atoms with E-state index in [1.807, 2.05) is 0 Å². The van der Waals surface area contributed by atoms with Crippen LogP contribution in [0.25, 0.3) is 0 Å². The van der Waals surface area contributed by atoms with Gasteiger partial charge in [0.05, 0.1) is 6.61 Å². The highest BCUT2D eigenvalue weighted by Crippen LogP contribution is 2.56. The topological polar surface area (TPSA) is 22.2 Å². The number of aryl methyl sites for hydroxylation is 3. The van der Waals surface area contributed by atoms with E-state index in [2.05, 4.69) is 101 Å². The summed E-state index contributed by atoms with van der Waals surface area (Å²) in [6.45, 7) is 13.7. The van der Waals surface area contributed by atoms with Crippen LogP contribution in [0, 0.1) is 27.4 Å². The van der Waals surface area contributed by atoms with Gasteiger partial charge in [0.1, 0.15) is 0 Å². The lowest BCUT2D eigenvalue weighted by Gasteiger charge is -2.30. The standard InChI is InChI=1S/C25H31N4OP/c1-20-16-21(2)25(22(3)17-20)27-13-12-26(19-27)14-15-30-31-28-11-7-10-24(28)18-29(31)23-8-5-4-6-9-23/h4-6,8-9,12-13,16-17,24H,7,10-11,14-15,18H2,1-3H3/t24-,31?/m0/s1. The third kappa shape index (κ3) is 4.19. The first-order chi connectivity index (χ1) is 15.1. The predicted octanol–water partition coefficient (Wildman–Crippen LogP) is 5.43. The van der Waals surface area contributed by atoms with Crippen molar-refractivity contribution < 1.29 is 4.52 Å². The van der Waals surface area contributed by atoms with Crippen molar-refractivity contribution in [3.05, 3.63) is 78.2 Å². The van der Waals surface area contributed by atoms with Crippen molar-refractivity contribution in [3.63, 3.8) is 0 Å². The zero-order chi connectivity index (χ0) is 21.4. The van der Waals surface area contributed by atoms with Crippen molar-refractivity contribution in [2.24, 2.45) is 0 Å². The van der Waals surface area contributed by atoms with Crippen LogP contribution >= 0.6 is 8.45 Å². The Morgan fingerprint density at radius 2 is 1.84 bits per heavy atom. The molecule has 0 aromatic heterocycles. The fourth-order valence-electron chi connectivity index (χ4n) is 4.96. The SMILES string of the molecule is Cc1cc(C)c(N2[C]N(CCOP3N(c4ccccc4)C[C@@H]4CCCN43)C=C2)c(C)c1. The number of benzene rings is 2. The van der Waals surface area contributed by atoms with E-state index in [9.17, 15) is 0 Å². The molecule has 31 heavy (non-hydrogen) atoms. The Morgan fingerprint density at radius 1 is 1.06 bits per heavy atom. The van der Waals surface area contributed by atoms with Gasteiger partial charge in [-0.25, -0.2) is 4.67 Å². The average Bonchev–Trinajstić information content (AvgIpc) is 3.45. The van der Waals surface area contributed by atoms with Crippen LogP contribution in [0.15, 0.2) is 54.9 Å². The number of nitrogens with zero attached hydrogens (tertiary/aromatic N) is 4. The van der Waals surface area contributed by atoms with E-state index in [0.717, 1.165) is 19.6 Å². The average molecular weight is 435 g/mol. The van der Waals surface area contributed by atoms with E-state index in [4.69, 9.17) is 4.52 Å². The van der Waals surface area contributed by atoms with E-state index >= 15 is 0 Å². The van der Waals surface area contributed by atoms with Gasteiger partial charge < -0.3 is 19.0 Å². The highest BCUT2D eigenvalue weighted by molar-refractivity contribution is 7.52. The maximum absolute atomic E-state index is 6.53. The Morgan fingerprint density at radius 3 is 2.61 bits per heavy atom. The summed E-state index contributed by atoms with van der Waals surface area (Å²) in [5.74, 6) is 0. The van der Waals surface area contributed by atoms with Gasteiger partial charge in [0.25, 0.3) is 0 Å². The van der Waals surface area contributed by atoms with Crippen LogP contribution in [-0.2, 0) is 4.52 Å². The minimum atomic E-state index is -0.740. The highest BCUT2D eigenvalue weighted by Gasteiger charge is 2.43. The molecule has 3 heterocycles. The number of hydrogen-bond donors (Lipinski definition) is 0. The summed E-state index contributed by atoms with van der Waals surface area (Å²) in [7, 11) is -0.740. The fourth-order valence-corrected chi connectivity index (χ4v) is 7.21. The number of para-hydroxylation sites is 1. The molecule has 3 aliphatic rings. The van der Waals surface area contributed by atoms with Crippen LogP contribution < -0.4 is 9.57 Å². The molecule has 0 spiro atoms. The van der Waals surface area contributed by atoms with E-state index in [0.29, 0.717) is 12.6 Å². The van der Waals surface area contributed by atoms with Crippen molar-refractivity contribution in [1.29, 1.82) is 0 Å². The Hall–Kier alpha value is -2.07. The maximum atomic E-state index is 6.53. The molecule has 2 radical (unpaired) electrons. The van der Waals surface area contributed by atoms with Crippen LogP contribution in [0.4, 0.5) is 11.4 Å². The molecule has 2 saturated heterocycles. The maximum Gasteiger partial charge on any atom is 0.218 e. The molecule has 2 fully saturated rings. The quantitative estimate of drug-likeness (QED) is 0.564. The molecule has 5 rings (SSSR count). The largest absolute Gasteiger partial charge is 0.344 e. The van der Waals surface area contributed by atoms with Gasteiger partial charge in [0, 0.05) is 49.5 Å². The third-order valence-electron chi connectivity index (χ3n) is 6.26. The molecule has 162 valence electrons. The molecule has 0 N–H and O–H groups in total. The molecule has 0 bridgehead atoms. The summed E-state index contributed by atoms with van der Waals surface area (Å²) in [6, 6.07) is 15.8. The van der Waals surface area contributed by atoms with Crippen molar-refractivity contribution >= 4 is 19.8 Å². The minimum Gasteiger partial charge on any atom is -0.344 e. The van der Waals surface area contributed by atoms with Crippen molar-refractivity contribution in [2.75, 3.05) is 35.8 Å². The first kappa shape index (κ1) is 20.8. The molecule has 1 unspecified atom stereocenters. The van der Waals surface area contributed by atoms with Gasteiger partial charge in [0.2, 0.25) is 15.1 Å². The fraction of sp³-hybridized carbons (Fsp3) is 0.400. The first-order valence-corrected chi connectivity index (χ1v) is 12.4. The van der Waals surface area contributed by atoms with Crippen LogP contribution in [0.3, 0.4) is 0 Å². The highest BCUT2D eigenvalue weighted by atomic mass is 31.2. The minimum absolute atomic E-state index is 0.638. The molecular weight excluding hydrogens is 403 g/mol. The molecule has 2 aromatic rings. The van der Waals surface area contributed by atoms with Crippen molar-refractivity contribution in [2.45, 2.75) is 39.7 Å². The Balaban J connectivity index is 1.20. The zero-order valence-corrected chi connectivity index (χ0v) is 19.6. The van der Waals surface area contributed by atoms with Crippen LogP contribution in [-0.4, -0.2) is 41.9 Å². The van der Waals surface area contributed by atoms with Crippen LogP contribution in [0.1, 0.15) is 29.5 Å². The number of fused-ring (bicyclic) bond motifs is 1. The van der Waals surface area contributed by atoms with Gasteiger partial charge in [-0.3, -0.25) is 0 Å². The molecule has 5 nitrogen and oxygen atoms in total. The second-order valence-corrected chi connectivity index (χ2v) is 10.4. The number of rotatable bonds is 6. The summed E-state index contributed by atoms with van der Waals surface area (Å²) in [5, 5.41) is 0. The Bertz CT molecular complexity index is 927. The monoisotopic (exact) mass is 434 g/mol. The Kier molecular flexibility index (Phi) is 5.92. The molecule has 2 aromatic carbocycles. The summed E-state index contributed by atoms with van der Waals surface area (Å²) < 4.78 is 11.6. The lowest BCUT2D eigenvalue weighted by molar-refractivity contribution is 0.279. The van der Waals surface area contributed by atoms with Gasteiger partial charge >= 0.3 is 0 Å². The van der Waals surface area contributed by atoms with E-state index in [1.165, 1.54) is 40.9 Å². The van der Waals surface area contributed by atoms with E-state index in [-0.39, 0.29) is 0 Å². The smallest absolute Gasteiger partial charge is 0.218 e. The summed E-state index contributed by atoms with van der Waals surface area (Å²) >= 11 is 0. The predicted molar refractivity (Wildman–Crippen MR) is 129 cm³/mol. The molecule has 0 aliphatic carbocycles. The lowest BCUT2D eigenvalue weighted by Crippen LogP contribution is -2.25. The Labute approximate surface area is 187 Å². The van der Waals surface area contributed by atoms with Gasteiger partial charge in [-0.15, -0.1) is 0 Å².